The van der Waals surface area contributed by atoms with Gasteiger partial charge < -0.3 is 10.7 Å². The molecule has 3 nitrogen and oxygen atoms in total. The molecule has 0 bridgehead atoms. The molecule has 22 heavy (non-hydrogen) atoms. The minimum absolute atomic E-state index is 0.368. The Morgan fingerprint density at radius 1 is 1.14 bits per heavy atom. The molecule has 112 valence electrons. The highest BCUT2D eigenvalue weighted by molar-refractivity contribution is 6.03. The Kier molecular flexibility index (Phi) is 3.49. The number of aryl methyl sites for hydroxylation is 2. The van der Waals surface area contributed by atoms with Gasteiger partial charge in [-0.1, -0.05) is 31.2 Å². The van der Waals surface area contributed by atoms with Crippen molar-refractivity contribution in [2.45, 2.75) is 27.2 Å². The zero-order chi connectivity index (χ0) is 15.9. The first-order chi connectivity index (χ1) is 10.5. The number of carbonyl (C=O) groups excluding carboxylic acids is 1. The fraction of sp³-hybridized carbons (Fsp3) is 0.211. The van der Waals surface area contributed by atoms with Crippen molar-refractivity contribution < 1.29 is 4.79 Å². The summed E-state index contributed by atoms with van der Waals surface area (Å²) in [6, 6.07) is 12.0. The van der Waals surface area contributed by atoms with Crippen LogP contribution in [0.3, 0.4) is 0 Å². The minimum Gasteiger partial charge on any atom is -0.366 e. The molecular weight excluding hydrogens is 272 g/mol. The van der Waals surface area contributed by atoms with E-state index >= 15 is 0 Å². The van der Waals surface area contributed by atoms with Crippen LogP contribution in [-0.2, 0) is 6.42 Å². The van der Waals surface area contributed by atoms with Crippen molar-refractivity contribution in [3.8, 4) is 11.1 Å². The van der Waals surface area contributed by atoms with E-state index in [4.69, 9.17) is 5.73 Å². The van der Waals surface area contributed by atoms with Crippen molar-refractivity contribution in [3.05, 3.63) is 58.8 Å². The van der Waals surface area contributed by atoms with E-state index in [1.54, 1.807) is 0 Å². The van der Waals surface area contributed by atoms with E-state index < -0.39 is 0 Å². The molecule has 3 rings (SSSR count). The van der Waals surface area contributed by atoms with E-state index in [-0.39, 0.29) is 5.91 Å². The number of aromatic nitrogens is 1. The number of amides is 1. The number of benzene rings is 2. The Bertz CT molecular complexity index is 875. The zero-order valence-corrected chi connectivity index (χ0v) is 13.2. The van der Waals surface area contributed by atoms with Crippen LogP contribution in [0.15, 0.2) is 36.4 Å². The second kappa shape index (κ2) is 5.34. The topological polar surface area (TPSA) is 58.9 Å². The van der Waals surface area contributed by atoms with E-state index in [0.717, 1.165) is 28.8 Å². The molecule has 3 N–H and O–H groups in total. The molecule has 0 atom stereocenters. The molecule has 0 fully saturated rings. The molecular formula is C19H20N2O. The lowest BCUT2D eigenvalue weighted by molar-refractivity contribution is 0.0999. The summed E-state index contributed by atoms with van der Waals surface area (Å²) in [6.07, 6.45) is 0.770. The number of carbonyl (C=O) groups is 1. The number of nitrogens with two attached hydrogens (primary N) is 1. The smallest absolute Gasteiger partial charge is 0.248 e. The maximum atomic E-state index is 11.7. The number of hydrogen-bond acceptors (Lipinski definition) is 1. The van der Waals surface area contributed by atoms with Gasteiger partial charge in [0.2, 0.25) is 5.91 Å². The molecule has 3 heteroatoms. The number of nitrogens with one attached hydrogen (secondary N) is 1. The molecule has 3 aromatic rings. The molecule has 0 saturated carbocycles. The third-order valence-electron chi connectivity index (χ3n) is 4.28. The number of primary amides is 1. The van der Waals surface area contributed by atoms with Crippen LogP contribution >= 0.6 is 0 Å². The summed E-state index contributed by atoms with van der Waals surface area (Å²) in [4.78, 5) is 15.2. The monoisotopic (exact) mass is 292 g/mol. The van der Waals surface area contributed by atoms with Crippen molar-refractivity contribution in [3.63, 3.8) is 0 Å². The Labute approximate surface area is 130 Å². The summed E-state index contributed by atoms with van der Waals surface area (Å²) in [6.45, 7) is 6.25. The molecule has 0 radical (unpaired) electrons. The SMILES string of the molecule is CCc1c(C(N)=O)cccc1-c1c(C)[nH]c2cccc(C)c12. The van der Waals surface area contributed by atoms with Crippen LogP contribution in [0.25, 0.3) is 22.0 Å². The highest BCUT2D eigenvalue weighted by Gasteiger charge is 2.18. The number of aromatic amines is 1. The van der Waals surface area contributed by atoms with Gasteiger partial charge >= 0.3 is 0 Å². The first kappa shape index (κ1) is 14.4. The number of rotatable bonds is 3. The van der Waals surface area contributed by atoms with E-state index in [2.05, 4.69) is 50.0 Å². The van der Waals surface area contributed by atoms with Crippen LogP contribution in [0, 0.1) is 13.8 Å². The van der Waals surface area contributed by atoms with Gasteiger partial charge in [-0.05, 0) is 49.1 Å². The van der Waals surface area contributed by atoms with Crippen LogP contribution in [0.1, 0.15) is 34.1 Å². The molecule has 0 aliphatic carbocycles. The van der Waals surface area contributed by atoms with Gasteiger partial charge in [0.15, 0.2) is 0 Å². The summed E-state index contributed by atoms with van der Waals surface area (Å²) in [5.41, 5.74) is 12.9. The average molecular weight is 292 g/mol. The summed E-state index contributed by atoms with van der Waals surface area (Å²) in [5, 5.41) is 1.22. The minimum atomic E-state index is -0.368. The van der Waals surface area contributed by atoms with Gasteiger partial charge in [0.1, 0.15) is 0 Å². The molecule has 0 spiro atoms. The predicted molar refractivity (Wildman–Crippen MR) is 91.1 cm³/mol. The lowest BCUT2D eigenvalue weighted by Crippen LogP contribution is -2.14. The average Bonchev–Trinajstić information content (AvgIpc) is 2.83. The van der Waals surface area contributed by atoms with Crippen LogP contribution in [0.5, 0.6) is 0 Å². The molecule has 1 amide bonds. The molecule has 0 unspecified atom stereocenters. The van der Waals surface area contributed by atoms with Gasteiger partial charge in [-0.25, -0.2) is 0 Å². The highest BCUT2D eigenvalue weighted by atomic mass is 16.1. The number of hydrogen-bond donors (Lipinski definition) is 2. The van der Waals surface area contributed by atoms with Gasteiger partial charge in [0.05, 0.1) is 0 Å². The van der Waals surface area contributed by atoms with Crippen LogP contribution in [0.4, 0.5) is 0 Å². The predicted octanol–water partition coefficient (Wildman–Crippen LogP) is 4.11. The Morgan fingerprint density at radius 2 is 1.86 bits per heavy atom. The maximum Gasteiger partial charge on any atom is 0.248 e. The van der Waals surface area contributed by atoms with Gasteiger partial charge in [-0.3, -0.25) is 4.79 Å². The second-order valence-electron chi connectivity index (χ2n) is 5.67. The van der Waals surface area contributed by atoms with Crippen molar-refractivity contribution in [1.29, 1.82) is 0 Å². The van der Waals surface area contributed by atoms with Crippen molar-refractivity contribution in [2.75, 3.05) is 0 Å². The van der Waals surface area contributed by atoms with Crippen LogP contribution in [0.2, 0.25) is 0 Å². The fourth-order valence-electron chi connectivity index (χ4n) is 3.33. The van der Waals surface area contributed by atoms with Crippen molar-refractivity contribution >= 4 is 16.8 Å². The third kappa shape index (κ3) is 2.10. The number of H-pyrrole nitrogens is 1. The van der Waals surface area contributed by atoms with E-state index in [9.17, 15) is 4.79 Å². The molecule has 0 aliphatic heterocycles. The Hall–Kier alpha value is -2.55. The van der Waals surface area contributed by atoms with Gasteiger partial charge in [0, 0.05) is 27.7 Å². The second-order valence-corrected chi connectivity index (χ2v) is 5.67. The normalized spacial score (nSPS) is 11.0. The molecule has 0 aliphatic rings. The lowest BCUT2D eigenvalue weighted by atomic mass is 9.91. The van der Waals surface area contributed by atoms with Crippen LogP contribution < -0.4 is 5.73 Å². The van der Waals surface area contributed by atoms with Gasteiger partial charge in [-0.2, -0.15) is 0 Å². The van der Waals surface area contributed by atoms with E-state index in [1.807, 2.05) is 12.1 Å². The van der Waals surface area contributed by atoms with E-state index in [0.29, 0.717) is 5.56 Å². The highest BCUT2D eigenvalue weighted by Crippen LogP contribution is 2.37. The summed E-state index contributed by atoms with van der Waals surface area (Å²) in [5.74, 6) is -0.368. The summed E-state index contributed by atoms with van der Waals surface area (Å²) >= 11 is 0. The third-order valence-corrected chi connectivity index (χ3v) is 4.28. The zero-order valence-electron chi connectivity index (χ0n) is 13.2. The molecule has 1 heterocycles. The first-order valence-electron chi connectivity index (χ1n) is 7.54. The Morgan fingerprint density at radius 3 is 2.55 bits per heavy atom. The van der Waals surface area contributed by atoms with Crippen LogP contribution in [-0.4, -0.2) is 10.9 Å². The maximum absolute atomic E-state index is 11.7. The first-order valence-corrected chi connectivity index (χ1v) is 7.54. The molecule has 0 saturated heterocycles. The summed E-state index contributed by atoms with van der Waals surface area (Å²) in [7, 11) is 0. The van der Waals surface area contributed by atoms with Gasteiger partial charge in [0.25, 0.3) is 0 Å². The van der Waals surface area contributed by atoms with E-state index in [1.165, 1.54) is 16.5 Å². The van der Waals surface area contributed by atoms with Crippen molar-refractivity contribution in [1.82, 2.24) is 4.98 Å². The van der Waals surface area contributed by atoms with Gasteiger partial charge in [-0.15, -0.1) is 0 Å². The van der Waals surface area contributed by atoms with Crippen molar-refractivity contribution in [2.24, 2.45) is 5.73 Å². The molecule has 1 aromatic heterocycles. The fourth-order valence-corrected chi connectivity index (χ4v) is 3.33. The summed E-state index contributed by atoms with van der Waals surface area (Å²) < 4.78 is 0. The number of fused-ring (bicyclic) bond motifs is 1. The Balaban J connectivity index is 2.40. The lowest BCUT2D eigenvalue weighted by Gasteiger charge is -2.13. The quantitative estimate of drug-likeness (QED) is 0.749. The standard InChI is InChI=1S/C19H20N2O/c1-4-13-14(8-6-9-15(13)19(20)22)18-12(3)21-16-10-5-7-11(2)17(16)18/h5-10,21H,4H2,1-3H3,(H2,20,22). The molecule has 2 aromatic carbocycles. The largest absolute Gasteiger partial charge is 0.366 e.